The second-order valence-corrected chi connectivity index (χ2v) is 7.39. The smallest absolute Gasteiger partial charge is 0.326 e. The van der Waals surface area contributed by atoms with Crippen molar-refractivity contribution < 1.29 is 19.4 Å². The molecule has 0 bridgehead atoms. The minimum atomic E-state index is -0.956. The van der Waals surface area contributed by atoms with Crippen molar-refractivity contribution in [2.75, 3.05) is 6.54 Å². The van der Waals surface area contributed by atoms with Gasteiger partial charge in [-0.2, -0.15) is 0 Å². The first-order chi connectivity index (χ1) is 10.2. The summed E-state index contributed by atoms with van der Waals surface area (Å²) in [7, 11) is 0. The Morgan fingerprint density at radius 3 is 2.68 bits per heavy atom. The Balaban J connectivity index is 2.14. The molecular weight excluding hydrogens is 304 g/mol. The average Bonchev–Trinajstić information content (AvgIpc) is 2.99. The third-order valence-electron chi connectivity index (χ3n) is 3.58. The molecule has 3 N–H and O–H groups in total. The van der Waals surface area contributed by atoms with E-state index in [0.717, 1.165) is 0 Å². The number of nitrogens with two attached hydrogens (primary N) is 1. The van der Waals surface area contributed by atoms with Crippen LogP contribution in [0.25, 0.3) is 0 Å². The maximum Gasteiger partial charge on any atom is 0.326 e. The van der Waals surface area contributed by atoms with Crippen LogP contribution in [0, 0.1) is 5.92 Å². The van der Waals surface area contributed by atoms with Gasteiger partial charge in [0.1, 0.15) is 11.6 Å². The van der Waals surface area contributed by atoms with Crippen molar-refractivity contribution in [3.8, 4) is 0 Å². The van der Waals surface area contributed by atoms with E-state index in [1.165, 1.54) is 11.3 Å². The van der Waals surface area contributed by atoms with E-state index < -0.39 is 29.7 Å². The predicted molar refractivity (Wildman–Crippen MR) is 83.3 cm³/mol. The molecule has 2 rings (SSSR count). The van der Waals surface area contributed by atoms with Crippen molar-refractivity contribution >= 4 is 23.3 Å². The molecule has 0 amide bonds. The molecule has 0 unspecified atom stereocenters. The van der Waals surface area contributed by atoms with E-state index in [-0.39, 0.29) is 5.97 Å². The van der Waals surface area contributed by atoms with Crippen molar-refractivity contribution in [1.82, 2.24) is 4.90 Å². The molecule has 2 heterocycles. The Morgan fingerprint density at radius 2 is 2.18 bits per heavy atom. The predicted octanol–water partition coefficient (Wildman–Crippen LogP) is 1.82. The van der Waals surface area contributed by atoms with Gasteiger partial charge in [0, 0.05) is 11.4 Å². The molecule has 122 valence electrons. The monoisotopic (exact) mass is 326 g/mol. The summed E-state index contributed by atoms with van der Waals surface area (Å²) in [5, 5.41) is 11.4. The third-order valence-corrected chi connectivity index (χ3v) is 4.51. The number of carbonyl (C=O) groups is 2. The van der Waals surface area contributed by atoms with Gasteiger partial charge < -0.3 is 15.6 Å². The van der Waals surface area contributed by atoms with Crippen LogP contribution in [-0.2, 0) is 14.3 Å². The van der Waals surface area contributed by atoms with E-state index in [4.69, 9.17) is 10.5 Å². The van der Waals surface area contributed by atoms with Gasteiger partial charge in [0.05, 0.1) is 12.1 Å². The fourth-order valence-electron chi connectivity index (χ4n) is 2.65. The van der Waals surface area contributed by atoms with Crippen LogP contribution in [0.5, 0.6) is 0 Å². The molecule has 7 heteroatoms. The zero-order valence-corrected chi connectivity index (χ0v) is 13.8. The molecule has 1 saturated heterocycles. The van der Waals surface area contributed by atoms with Gasteiger partial charge >= 0.3 is 11.9 Å². The molecule has 1 aliphatic heterocycles. The lowest BCUT2D eigenvalue weighted by atomic mass is 10.1. The Labute approximate surface area is 133 Å². The van der Waals surface area contributed by atoms with Crippen molar-refractivity contribution in [3.63, 3.8) is 0 Å². The molecule has 1 aliphatic rings. The van der Waals surface area contributed by atoms with Crippen LogP contribution >= 0.6 is 11.3 Å². The normalized spacial score (nSPS) is 24.2. The first-order valence-corrected chi connectivity index (χ1v) is 8.09. The number of carboxylic acid groups (broad SMARTS) is 1. The quantitative estimate of drug-likeness (QED) is 0.820. The number of rotatable bonds is 4. The fraction of sp³-hybridized carbons (Fsp3) is 0.600. The first-order valence-electron chi connectivity index (χ1n) is 7.21. The molecule has 6 nitrogen and oxygen atoms in total. The molecule has 0 aromatic carbocycles. The van der Waals surface area contributed by atoms with Crippen LogP contribution in [0.2, 0.25) is 0 Å². The topological polar surface area (TPSA) is 92.9 Å². The van der Waals surface area contributed by atoms with Crippen LogP contribution in [0.4, 0.5) is 0 Å². The van der Waals surface area contributed by atoms with E-state index in [0.29, 0.717) is 17.8 Å². The number of ether oxygens (including phenoxy) is 1. The summed E-state index contributed by atoms with van der Waals surface area (Å²) >= 11 is 1.37. The molecule has 0 radical (unpaired) electrons. The number of hydrogen-bond acceptors (Lipinski definition) is 6. The highest BCUT2D eigenvalue weighted by Crippen LogP contribution is 2.34. The molecule has 1 aromatic rings. The molecule has 3 atom stereocenters. The average molecular weight is 326 g/mol. The van der Waals surface area contributed by atoms with E-state index in [9.17, 15) is 14.7 Å². The fourth-order valence-corrected chi connectivity index (χ4v) is 3.49. The van der Waals surface area contributed by atoms with E-state index in [2.05, 4.69) is 0 Å². The SMILES string of the molecule is CC(C)(C)OC(=O)[C@@H]1CCN([C@@H](C(=O)O)c2cccs2)[C@@H]1N. The van der Waals surface area contributed by atoms with Gasteiger partial charge in [0.2, 0.25) is 0 Å². The lowest BCUT2D eigenvalue weighted by molar-refractivity contribution is -0.161. The maximum atomic E-state index is 12.2. The number of thiophene rings is 1. The van der Waals surface area contributed by atoms with Gasteiger partial charge in [-0.15, -0.1) is 11.3 Å². The summed E-state index contributed by atoms with van der Waals surface area (Å²) in [5.74, 6) is -1.82. The number of nitrogens with zero attached hydrogens (tertiary/aromatic N) is 1. The van der Waals surface area contributed by atoms with Gasteiger partial charge in [-0.25, -0.2) is 0 Å². The maximum absolute atomic E-state index is 12.2. The summed E-state index contributed by atoms with van der Waals surface area (Å²) in [5.41, 5.74) is 5.57. The third kappa shape index (κ3) is 3.66. The summed E-state index contributed by atoms with van der Waals surface area (Å²) in [4.78, 5) is 26.2. The van der Waals surface area contributed by atoms with Crippen LogP contribution in [0.3, 0.4) is 0 Å². The lowest BCUT2D eigenvalue weighted by Gasteiger charge is -2.29. The van der Waals surface area contributed by atoms with E-state index in [1.807, 2.05) is 11.4 Å². The molecular formula is C15H22N2O4S. The number of likely N-dealkylation sites (tertiary alicyclic amines) is 1. The highest BCUT2D eigenvalue weighted by atomic mass is 32.1. The van der Waals surface area contributed by atoms with Gasteiger partial charge in [-0.3, -0.25) is 14.5 Å². The zero-order chi connectivity index (χ0) is 16.5. The Kier molecular flexibility index (Phi) is 4.89. The minimum Gasteiger partial charge on any atom is -0.480 e. The van der Waals surface area contributed by atoms with Crippen LogP contribution < -0.4 is 5.73 Å². The van der Waals surface area contributed by atoms with Crippen LogP contribution in [0.15, 0.2) is 17.5 Å². The number of esters is 1. The van der Waals surface area contributed by atoms with Crippen molar-refractivity contribution in [1.29, 1.82) is 0 Å². The molecule has 1 aromatic heterocycles. The molecule has 0 saturated carbocycles. The van der Waals surface area contributed by atoms with Gasteiger partial charge in [-0.05, 0) is 38.6 Å². The number of carboxylic acids is 1. The zero-order valence-electron chi connectivity index (χ0n) is 13.0. The van der Waals surface area contributed by atoms with E-state index >= 15 is 0 Å². The second kappa shape index (κ2) is 6.36. The minimum absolute atomic E-state index is 0.363. The summed E-state index contributed by atoms with van der Waals surface area (Å²) in [6, 6.07) is 2.77. The lowest BCUT2D eigenvalue weighted by Crippen LogP contribution is -2.47. The standard InChI is InChI=1S/C15H22N2O4S/c1-15(2,3)21-14(20)9-6-7-17(12(9)16)11(13(18)19)10-5-4-8-22-10/h4-5,8-9,11-12H,6-7,16H2,1-3H3,(H,18,19)/t9-,11-,12+/m1/s1. The number of hydrogen-bond donors (Lipinski definition) is 2. The molecule has 22 heavy (non-hydrogen) atoms. The Bertz CT molecular complexity index is 538. The largest absolute Gasteiger partial charge is 0.480 e. The summed E-state index contributed by atoms with van der Waals surface area (Å²) in [6.07, 6.45) is -0.149. The van der Waals surface area contributed by atoms with Gasteiger partial charge in [0.15, 0.2) is 0 Å². The summed E-state index contributed by atoms with van der Waals surface area (Å²) < 4.78 is 5.38. The highest BCUT2D eigenvalue weighted by Gasteiger charge is 2.44. The molecule has 0 aliphatic carbocycles. The number of aliphatic carboxylic acids is 1. The second-order valence-electron chi connectivity index (χ2n) is 6.41. The van der Waals surface area contributed by atoms with E-state index in [1.54, 1.807) is 31.7 Å². The van der Waals surface area contributed by atoms with Gasteiger partial charge in [-0.1, -0.05) is 6.07 Å². The highest BCUT2D eigenvalue weighted by molar-refractivity contribution is 7.10. The van der Waals surface area contributed by atoms with Crippen LogP contribution in [0.1, 0.15) is 38.1 Å². The van der Waals surface area contributed by atoms with Crippen molar-refractivity contribution in [3.05, 3.63) is 22.4 Å². The Hall–Kier alpha value is -1.44. The number of carbonyl (C=O) groups excluding carboxylic acids is 1. The molecule has 1 fully saturated rings. The molecule has 0 spiro atoms. The summed E-state index contributed by atoms with van der Waals surface area (Å²) in [6.45, 7) is 5.86. The first kappa shape index (κ1) is 16.9. The van der Waals surface area contributed by atoms with Crippen LogP contribution in [-0.4, -0.2) is 40.3 Å². The van der Waals surface area contributed by atoms with Gasteiger partial charge in [0.25, 0.3) is 0 Å². The van der Waals surface area contributed by atoms with Crippen molar-refractivity contribution in [2.45, 2.75) is 45.0 Å². The Morgan fingerprint density at radius 1 is 1.50 bits per heavy atom. The van der Waals surface area contributed by atoms with Crippen molar-refractivity contribution in [2.24, 2.45) is 11.7 Å².